The van der Waals surface area contributed by atoms with Crippen molar-refractivity contribution in [2.24, 2.45) is 0 Å². The number of para-hydroxylation sites is 4. The lowest BCUT2D eigenvalue weighted by atomic mass is 10.00. The number of hydrogen-bond donors (Lipinski definition) is 0. The standard InChI is InChI=1S/C52H32N6O/c59-51-46-38(29-30-39-37-25-13-15-27-42(37)57(48(39)46)36-23-11-4-12-24-36)40-31-32-44-45(41-26-14-16-28-43(41)56(44)35-21-9-3-10-22-35)47(40)58(51)52-54-49(33-17-5-1-6-18-33)53-50(55-52)34-19-7-2-8-20-34/h1-32H. The van der Waals surface area contributed by atoms with Crippen LogP contribution in [0.5, 0.6) is 0 Å². The zero-order chi connectivity index (χ0) is 39.0. The SMILES string of the molecule is O=c1c2c(ccc3c4ccccc4n(-c4ccccc4)c32)c2ccc3c(c4ccccc4n3-c3ccccc3)c2n1-c1nc(-c2ccccc2)nc(-c2ccccc2)n1. The summed E-state index contributed by atoms with van der Waals surface area (Å²) < 4.78 is 6.26. The maximum atomic E-state index is 16.2. The fourth-order valence-electron chi connectivity index (χ4n) is 8.99. The molecule has 7 nitrogen and oxygen atoms in total. The van der Waals surface area contributed by atoms with E-state index in [1.807, 2.05) is 84.9 Å². The number of nitrogens with zero attached hydrogens (tertiary/aromatic N) is 6. The Morgan fingerprint density at radius 3 is 1.41 bits per heavy atom. The fraction of sp³-hybridized carbons (Fsp3) is 0. The van der Waals surface area contributed by atoms with Crippen LogP contribution in [-0.4, -0.2) is 28.7 Å². The summed E-state index contributed by atoms with van der Waals surface area (Å²) in [6, 6.07) is 65.9. The summed E-state index contributed by atoms with van der Waals surface area (Å²) in [6.45, 7) is 0. The van der Waals surface area contributed by atoms with Gasteiger partial charge in [0.1, 0.15) is 0 Å². The molecule has 0 amide bonds. The first-order valence-corrected chi connectivity index (χ1v) is 19.7. The van der Waals surface area contributed by atoms with E-state index in [0.29, 0.717) is 17.0 Å². The minimum atomic E-state index is -0.216. The normalized spacial score (nSPS) is 11.8. The Morgan fingerprint density at radius 2 is 0.780 bits per heavy atom. The highest BCUT2D eigenvalue weighted by Gasteiger charge is 2.26. The Labute approximate surface area is 337 Å². The molecule has 4 aromatic heterocycles. The monoisotopic (exact) mass is 756 g/mol. The summed E-state index contributed by atoms with van der Waals surface area (Å²) in [7, 11) is 0. The van der Waals surface area contributed by atoms with Crippen molar-refractivity contribution in [1.29, 1.82) is 0 Å². The zero-order valence-electron chi connectivity index (χ0n) is 31.6. The van der Waals surface area contributed by atoms with Gasteiger partial charge < -0.3 is 9.13 Å². The summed E-state index contributed by atoms with van der Waals surface area (Å²) in [6.07, 6.45) is 0. The Kier molecular flexibility index (Phi) is 7.24. The number of pyridine rings is 1. The molecular weight excluding hydrogens is 725 g/mol. The van der Waals surface area contributed by atoms with Gasteiger partial charge in [0.05, 0.1) is 33.0 Å². The minimum Gasteiger partial charge on any atom is -0.309 e. The summed E-state index contributed by atoms with van der Waals surface area (Å²) in [4.78, 5) is 31.6. The Morgan fingerprint density at radius 1 is 0.322 bits per heavy atom. The van der Waals surface area contributed by atoms with Gasteiger partial charge in [-0.2, -0.15) is 9.97 Å². The molecule has 0 spiro atoms. The first kappa shape index (κ1) is 33.0. The lowest BCUT2D eigenvalue weighted by molar-refractivity contribution is 0.909. The Bertz CT molecular complexity index is 3610. The van der Waals surface area contributed by atoms with Gasteiger partial charge in [0, 0.05) is 49.4 Å². The fourth-order valence-corrected chi connectivity index (χ4v) is 8.99. The van der Waals surface area contributed by atoms with Crippen LogP contribution >= 0.6 is 0 Å². The van der Waals surface area contributed by atoms with Crippen molar-refractivity contribution >= 4 is 65.3 Å². The van der Waals surface area contributed by atoms with Gasteiger partial charge in [0.15, 0.2) is 11.6 Å². The lowest BCUT2D eigenvalue weighted by Gasteiger charge is -2.17. The van der Waals surface area contributed by atoms with E-state index in [0.717, 1.165) is 82.4 Å². The molecule has 0 bridgehead atoms. The van der Waals surface area contributed by atoms with Crippen molar-refractivity contribution in [2.45, 2.75) is 0 Å². The van der Waals surface area contributed by atoms with Crippen LogP contribution in [0.25, 0.3) is 105 Å². The molecule has 12 aromatic rings. The maximum Gasteiger partial charge on any atom is 0.268 e. The van der Waals surface area contributed by atoms with Gasteiger partial charge in [-0.25, -0.2) is 9.55 Å². The highest BCUT2D eigenvalue weighted by Crippen LogP contribution is 2.42. The van der Waals surface area contributed by atoms with Gasteiger partial charge in [-0.15, -0.1) is 0 Å². The van der Waals surface area contributed by atoms with Crippen LogP contribution in [0.1, 0.15) is 0 Å². The van der Waals surface area contributed by atoms with Gasteiger partial charge in [0.2, 0.25) is 5.95 Å². The molecular formula is C52H32N6O. The molecule has 59 heavy (non-hydrogen) atoms. The van der Waals surface area contributed by atoms with E-state index in [1.165, 1.54) is 0 Å². The molecule has 0 radical (unpaired) electrons. The van der Waals surface area contributed by atoms with E-state index in [1.54, 1.807) is 4.57 Å². The second-order valence-electron chi connectivity index (χ2n) is 14.8. The number of hydrogen-bond acceptors (Lipinski definition) is 4. The molecule has 0 aliphatic carbocycles. The number of fused-ring (bicyclic) bond motifs is 11. The summed E-state index contributed by atoms with van der Waals surface area (Å²) in [5.41, 5.74) is 8.02. The lowest BCUT2D eigenvalue weighted by Crippen LogP contribution is -2.23. The Balaban J connectivity index is 1.33. The summed E-state index contributed by atoms with van der Waals surface area (Å²) in [5, 5.41) is 6.37. The average Bonchev–Trinajstić information content (AvgIpc) is 3.83. The topological polar surface area (TPSA) is 70.5 Å². The molecule has 0 N–H and O–H groups in total. The third-order valence-corrected chi connectivity index (χ3v) is 11.5. The number of rotatable bonds is 5. The molecule has 7 heteroatoms. The van der Waals surface area contributed by atoms with Crippen molar-refractivity contribution in [3.05, 3.63) is 204 Å². The van der Waals surface area contributed by atoms with Crippen LogP contribution in [-0.2, 0) is 0 Å². The van der Waals surface area contributed by atoms with Crippen LogP contribution in [0.2, 0.25) is 0 Å². The number of aromatic nitrogens is 6. The molecule has 0 unspecified atom stereocenters. The highest BCUT2D eigenvalue weighted by atomic mass is 16.1. The van der Waals surface area contributed by atoms with Gasteiger partial charge in [-0.1, -0.05) is 152 Å². The minimum absolute atomic E-state index is 0.216. The largest absolute Gasteiger partial charge is 0.309 e. The molecule has 0 saturated carbocycles. The second kappa shape index (κ2) is 12.9. The van der Waals surface area contributed by atoms with Gasteiger partial charge in [-0.3, -0.25) is 4.79 Å². The van der Waals surface area contributed by atoms with Gasteiger partial charge in [0.25, 0.3) is 5.56 Å². The second-order valence-corrected chi connectivity index (χ2v) is 14.8. The van der Waals surface area contributed by atoms with Crippen LogP contribution in [0, 0.1) is 0 Å². The molecule has 0 fully saturated rings. The van der Waals surface area contributed by atoms with E-state index in [2.05, 4.69) is 118 Å². The molecule has 12 rings (SSSR count). The van der Waals surface area contributed by atoms with Crippen molar-refractivity contribution in [3.63, 3.8) is 0 Å². The zero-order valence-corrected chi connectivity index (χ0v) is 31.6. The molecule has 4 heterocycles. The summed E-state index contributed by atoms with van der Waals surface area (Å²) in [5.74, 6) is 1.20. The molecule has 276 valence electrons. The molecule has 0 atom stereocenters. The van der Waals surface area contributed by atoms with E-state index < -0.39 is 0 Å². The van der Waals surface area contributed by atoms with Gasteiger partial charge in [-0.05, 0) is 47.9 Å². The van der Waals surface area contributed by atoms with E-state index >= 15 is 4.79 Å². The molecule has 0 aliphatic rings. The molecule has 0 aliphatic heterocycles. The quantitative estimate of drug-likeness (QED) is 0.164. The smallest absolute Gasteiger partial charge is 0.268 e. The van der Waals surface area contributed by atoms with Crippen LogP contribution < -0.4 is 5.56 Å². The van der Waals surface area contributed by atoms with Crippen molar-refractivity contribution in [1.82, 2.24) is 28.7 Å². The van der Waals surface area contributed by atoms with E-state index in [4.69, 9.17) is 15.0 Å². The predicted octanol–water partition coefficient (Wildman–Crippen LogP) is 11.9. The third-order valence-electron chi connectivity index (χ3n) is 11.5. The number of benzene rings is 8. The van der Waals surface area contributed by atoms with Crippen LogP contribution in [0.4, 0.5) is 0 Å². The van der Waals surface area contributed by atoms with Crippen molar-refractivity contribution in [3.8, 4) is 40.1 Å². The highest BCUT2D eigenvalue weighted by molar-refractivity contribution is 6.28. The average molecular weight is 757 g/mol. The van der Waals surface area contributed by atoms with Crippen molar-refractivity contribution < 1.29 is 0 Å². The first-order valence-electron chi connectivity index (χ1n) is 19.7. The van der Waals surface area contributed by atoms with E-state index in [-0.39, 0.29) is 11.5 Å². The molecule has 8 aromatic carbocycles. The van der Waals surface area contributed by atoms with E-state index in [9.17, 15) is 0 Å². The van der Waals surface area contributed by atoms with Crippen LogP contribution in [0.15, 0.2) is 199 Å². The van der Waals surface area contributed by atoms with Crippen LogP contribution in [0.3, 0.4) is 0 Å². The summed E-state index contributed by atoms with van der Waals surface area (Å²) >= 11 is 0. The first-order chi connectivity index (χ1) is 29.2. The molecule has 0 saturated heterocycles. The third kappa shape index (κ3) is 4.95. The predicted molar refractivity (Wildman–Crippen MR) is 240 cm³/mol. The van der Waals surface area contributed by atoms with Crippen molar-refractivity contribution in [2.75, 3.05) is 0 Å². The van der Waals surface area contributed by atoms with Gasteiger partial charge >= 0.3 is 0 Å². The Hall–Kier alpha value is -8.16. The maximum absolute atomic E-state index is 16.2.